The summed E-state index contributed by atoms with van der Waals surface area (Å²) in [6.45, 7) is 2.89. The Labute approximate surface area is 95.9 Å². The number of benzene rings is 1. The second kappa shape index (κ2) is 5.35. The van der Waals surface area contributed by atoms with Crippen molar-refractivity contribution in [3.05, 3.63) is 29.8 Å². The van der Waals surface area contributed by atoms with Crippen LogP contribution in [-0.4, -0.2) is 24.0 Å². The number of hydrogen-bond donors (Lipinski definition) is 2. The summed E-state index contributed by atoms with van der Waals surface area (Å²) in [5.41, 5.74) is 1.18. The molecule has 1 aromatic rings. The fourth-order valence-electron chi connectivity index (χ4n) is 1.64. The fourth-order valence-corrected chi connectivity index (χ4v) is 1.64. The molecule has 1 aromatic carbocycles. The first-order valence-corrected chi connectivity index (χ1v) is 4.89. The molecule has 1 aliphatic heterocycles. The number of phenolic OH excluding ortho intramolecular Hbond substituents is 1. The lowest BCUT2D eigenvalue weighted by atomic mass is 10.1. The number of hydrogen-bond acceptors (Lipinski definition) is 3. The van der Waals surface area contributed by atoms with Gasteiger partial charge < -0.3 is 9.84 Å². The normalized spacial score (nSPS) is 24.9. The Balaban J connectivity index is 0.00000112. The van der Waals surface area contributed by atoms with Crippen molar-refractivity contribution < 1.29 is 9.84 Å². The molecule has 15 heavy (non-hydrogen) atoms. The highest BCUT2D eigenvalue weighted by atomic mass is 35.5. The van der Waals surface area contributed by atoms with E-state index in [4.69, 9.17) is 9.84 Å². The molecule has 3 nitrogen and oxygen atoms in total. The highest BCUT2D eigenvalue weighted by Crippen LogP contribution is 2.13. The summed E-state index contributed by atoms with van der Waals surface area (Å²) < 4.78 is 5.53. The van der Waals surface area contributed by atoms with Gasteiger partial charge in [0.25, 0.3) is 0 Å². The molecule has 0 aromatic heterocycles. The molecule has 1 aliphatic rings. The third-order valence-electron chi connectivity index (χ3n) is 2.38. The van der Waals surface area contributed by atoms with E-state index in [0.717, 1.165) is 13.0 Å². The average Bonchev–Trinajstić information content (AvgIpc) is 2.56. The Bertz CT molecular complexity index is 302. The molecule has 2 N–H and O–H groups in total. The van der Waals surface area contributed by atoms with Crippen molar-refractivity contribution >= 4 is 12.4 Å². The Morgan fingerprint density at radius 3 is 2.60 bits per heavy atom. The van der Waals surface area contributed by atoms with Crippen molar-refractivity contribution in [1.82, 2.24) is 5.32 Å². The SMILES string of the molecule is CC1COC(Cc2ccc(O)cc2)N1.Cl. The molecule has 4 heteroatoms. The summed E-state index contributed by atoms with van der Waals surface area (Å²) in [5.74, 6) is 0.308. The van der Waals surface area contributed by atoms with Crippen LogP contribution in [0.3, 0.4) is 0 Å². The summed E-state index contributed by atoms with van der Waals surface area (Å²) >= 11 is 0. The number of halogens is 1. The molecule has 2 unspecified atom stereocenters. The van der Waals surface area contributed by atoms with Crippen LogP contribution in [0.2, 0.25) is 0 Å². The van der Waals surface area contributed by atoms with Gasteiger partial charge >= 0.3 is 0 Å². The molecule has 0 radical (unpaired) electrons. The van der Waals surface area contributed by atoms with Crippen LogP contribution in [0.4, 0.5) is 0 Å². The zero-order valence-corrected chi connectivity index (χ0v) is 9.46. The van der Waals surface area contributed by atoms with Gasteiger partial charge in [0.15, 0.2) is 0 Å². The third-order valence-corrected chi connectivity index (χ3v) is 2.38. The first-order chi connectivity index (χ1) is 6.74. The predicted molar refractivity (Wildman–Crippen MR) is 61.4 cm³/mol. The maximum Gasteiger partial charge on any atom is 0.115 e. The topological polar surface area (TPSA) is 41.5 Å². The van der Waals surface area contributed by atoms with E-state index in [1.807, 2.05) is 12.1 Å². The molecule has 0 spiro atoms. The number of phenols is 1. The fraction of sp³-hybridized carbons (Fsp3) is 0.455. The predicted octanol–water partition coefficient (Wildman–Crippen LogP) is 1.69. The van der Waals surface area contributed by atoms with Gasteiger partial charge in [0.1, 0.15) is 12.0 Å². The van der Waals surface area contributed by atoms with Crippen LogP contribution in [0, 0.1) is 0 Å². The first-order valence-electron chi connectivity index (χ1n) is 4.89. The number of ether oxygens (including phenoxy) is 1. The Hall–Kier alpha value is -0.770. The van der Waals surface area contributed by atoms with E-state index >= 15 is 0 Å². The molecule has 0 amide bonds. The van der Waals surface area contributed by atoms with Crippen molar-refractivity contribution in [1.29, 1.82) is 0 Å². The smallest absolute Gasteiger partial charge is 0.115 e. The monoisotopic (exact) mass is 229 g/mol. The molecule has 1 heterocycles. The van der Waals surface area contributed by atoms with E-state index < -0.39 is 0 Å². The van der Waals surface area contributed by atoms with Crippen molar-refractivity contribution in [3.63, 3.8) is 0 Å². The highest BCUT2D eigenvalue weighted by Gasteiger charge is 2.20. The highest BCUT2D eigenvalue weighted by molar-refractivity contribution is 5.85. The quantitative estimate of drug-likeness (QED) is 0.811. The Kier molecular flexibility index (Phi) is 4.39. The van der Waals surface area contributed by atoms with Gasteiger partial charge in [-0.05, 0) is 24.6 Å². The van der Waals surface area contributed by atoms with Gasteiger partial charge in [0.05, 0.1) is 6.61 Å². The van der Waals surface area contributed by atoms with Gasteiger partial charge in [-0.15, -0.1) is 12.4 Å². The molecular weight excluding hydrogens is 214 g/mol. The number of rotatable bonds is 2. The summed E-state index contributed by atoms with van der Waals surface area (Å²) in [5, 5.41) is 12.4. The number of nitrogens with one attached hydrogen (secondary N) is 1. The van der Waals surface area contributed by atoms with Crippen LogP contribution in [0.15, 0.2) is 24.3 Å². The lowest BCUT2D eigenvalue weighted by molar-refractivity contribution is 0.101. The lowest BCUT2D eigenvalue weighted by Gasteiger charge is -2.10. The van der Waals surface area contributed by atoms with E-state index in [0.29, 0.717) is 11.8 Å². The second-order valence-electron chi connectivity index (χ2n) is 3.76. The minimum atomic E-state index is 0. The van der Waals surface area contributed by atoms with E-state index in [9.17, 15) is 0 Å². The molecule has 0 bridgehead atoms. The van der Waals surface area contributed by atoms with Crippen LogP contribution in [0.1, 0.15) is 12.5 Å². The summed E-state index contributed by atoms with van der Waals surface area (Å²) in [6, 6.07) is 7.69. The molecule has 2 atom stereocenters. The molecular formula is C11H16ClNO2. The van der Waals surface area contributed by atoms with E-state index in [1.54, 1.807) is 12.1 Å². The third kappa shape index (κ3) is 3.38. The van der Waals surface area contributed by atoms with Crippen molar-refractivity contribution in [3.8, 4) is 5.75 Å². The van der Waals surface area contributed by atoms with Crippen LogP contribution >= 0.6 is 12.4 Å². The maximum absolute atomic E-state index is 9.11. The zero-order chi connectivity index (χ0) is 9.97. The molecule has 1 saturated heterocycles. The average molecular weight is 230 g/mol. The van der Waals surface area contributed by atoms with Gasteiger partial charge in [0.2, 0.25) is 0 Å². The zero-order valence-electron chi connectivity index (χ0n) is 8.64. The van der Waals surface area contributed by atoms with Crippen molar-refractivity contribution in [2.75, 3.05) is 6.61 Å². The minimum absolute atomic E-state index is 0. The maximum atomic E-state index is 9.11. The first kappa shape index (κ1) is 12.3. The lowest BCUT2D eigenvalue weighted by Crippen LogP contribution is -2.29. The molecule has 0 aliphatic carbocycles. The van der Waals surface area contributed by atoms with E-state index in [1.165, 1.54) is 5.56 Å². The van der Waals surface area contributed by atoms with Gasteiger partial charge in [-0.25, -0.2) is 0 Å². The van der Waals surface area contributed by atoms with Gasteiger partial charge in [-0.2, -0.15) is 0 Å². The second-order valence-corrected chi connectivity index (χ2v) is 3.76. The van der Waals surface area contributed by atoms with Crippen LogP contribution in [-0.2, 0) is 11.2 Å². The molecule has 84 valence electrons. The van der Waals surface area contributed by atoms with Crippen LogP contribution < -0.4 is 5.32 Å². The minimum Gasteiger partial charge on any atom is -0.508 e. The van der Waals surface area contributed by atoms with Gasteiger partial charge in [-0.1, -0.05) is 12.1 Å². The van der Waals surface area contributed by atoms with Gasteiger partial charge in [-0.3, -0.25) is 5.32 Å². The molecule has 2 rings (SSSR count). The Morgan fingerprint density at radius 2 is 2.07 bits per heavy atom. The van der Waals surface area contributed by atoms with Crippen molar-refractivity contribution in [2.24, 2.45) is 0 Å². The van der Waals surface area contributed by atoms with Crippen LogP contribution in [0.25, 0.3) is 0 Å². The van der Waals surface area contributed by atoms with Crippen LogP contribution in [0.5, 0.6) is 5.75 Å². The molecule has 0 saturated carbocycles. The van der Waals surface area contributed by atoms with Gasteiger partial charge in [0, 0.05) is 12.5 Å². The Morgan fingerprint density at radius 1 is 1.40 bits per heavy atom. The molecule has 1 fully saturated rings. The standard InChI is InChI=1S/C11H15NO2.ClH/c1-8-7-14-11(12-8)6-9-2-4-10(13)5-3-9;/h2-5,8,11-13H,6-7H2,1H3;1H. The largest absolute Gasteiger partial charge is 0.508 e. The van der Waals surface area contributed by atoms with E-state index in [-0.39, 0.29) is 18.6 Å². The number of aromatic hydroxyl groups is 1. The summed E-state index contributed by atoms with van der Waals surface area (Å²) in [7, 11) is 0. The van der Waals surface area contributed by atoms with Crippen molar-refractivity contribution in [2.45, 2.75) is 25.6 Å². The summed E-state index contributed by atoms with van der Waals surface area (Å²) in [4.78, 5) is 0. The van der Waals surface area contributed by atoms with E-state index in [2.05, 4.69) is 12.2 Å². The summed E-state index contributed by atoms with van der Waals surface area (Å²) in [6.07, 6.45) is 0.972.